The third-order valence-electron chi connectivity index (χ3n) is 6.74. The zero-order valence-corrected chi connectivity index (χ0v) is 21.7. The third-order valence-corrected chi connectivity index (χ3v) is 6.74. The minimum Gasteiger partial charge on any atom is -0.482 e. The molecule has 0 spiro atoms. The highest BCUT2D eigenvalue weighted by molar-refractivity contribution is 6.34. The van der Waals surface area contributed by atoms with E-state index in [1.165, 1.54) is 41.2 Å². The number of imide groups is 1. The van der Waals surface area contributed by atoms with Gasteiger partial charge < -0.3 is 9.47 Å². The number of esters is 1. The van der Waals surface area contributed by atoms with E-state index in [2.05, 4.69) is 10.1 Å². The summed E-state index contributed by atoms with van der Waals surface area (Å²) in [7, 11) is 1.14. The van der Waals surface area contributed by atoms with Crippen LogP contribution in [0.3, 0.4) is 0 Å². The van der Waals surface area contributed by atoms with Gasteiger partial charge in [-0.05, 0) is 55.5 Å². The van der Waals surface area contributed by atoms with Gasteiger partial charge in [-0.25, -0.2) is 28.1 Å². The van der Waals surface area contributed by atoms with Gasteiger partial charge in [0.2, 0.25) is 0 Å². The van der Waals surface area contributed by atoms with Gasteiger partial charge in [0.15, 0.2) is 11.6 Å². The fourth-order valence-corrected chi connectivity index (χ4v) is 4.78. The van der Waals surface area contributed by atoms with E-state index < -0.39 is 35.5 Å². The standard InChI is InChI=1S/C30H20F2N4O5/c1-16(21-14-22(30(39)40-2)23(32)15-25(21)35-11-5-10-33-35)41-26-13-17-12-18(31)8-9-24(17)34-27(26)36-28(37)19-6-3-4-7-20(19)29(36)38/h3-16H,1-2H3/t16-/m0/s1. The number of methoxy groups -OCH3 is 1. The van der Waals surface area contributed by atoms with Crippen molar-refractivity contribution in [2.75, 3.05) is 12.0 Å². The number of rotatable bonds is 6. The molecule has 1 aliphatic rings. The molecule has 2 amide bonds. The van der Waals surface area contributed by atoms with Crippen LogP contribution < -0.4 is 9.64 Å². The fourth-order valence-electron chi connectivity index (χ4n) is 4.78. The molecule has 0 N–H and O–H groups in total. The lowest BCUT2D eigenvalue weighted by Gasteiger charge is -2.23. The molecule has 0 radical (unpaired) electrons. The van der Waals surface area contributed by atoms with Crippen molar-refractivity contribution in [3.8, 4) is 11.4 Å². The van der Waals surface area contributed by atoms with Crippen molar-refractivity contribution in [2.45, 2.75) is 13.0 Å². The van der Waals surface area contributed by atoms with Crippen LogP contribution in [0, 0.1) is 11.6 Å². The number of hydrogen-bond acceptors (Lipinski definition) is 7. The fraction of sp³-hybridized carbons (Fsp3) is 0.100. The van der Waals surface area contributed by atoms with Crippen molar-refractivity contribution in [2.24, 2.45) is 0 Å². The quantitative estimate of drug-likeness (QED) is 0.204. The first-order valence-corrected chi connectivity index (χ1v) is 12.4. The number of pyridine rings is 1. The van der Waals surface area contributed by atoms with E-state index in [4.69, 9.17) is 9.47 Å². The number of ether oxygens (including phenoxy) is 2. The number of nitrogens with zero attached hydrogens (tertiary/aromatic N) is 4. The number of carbonyl (C=O) groups is 3. The van der Waals surface area contributed by atoms with Gasteiger partial charge in [0, 0.05) is 29.4 Å². The van der Waals surface area contributed by atoms with Crippen molar-refractivity contribution < 1.29 is 32.6 Å². The average Bonchev–Trinajstić information content (AvgIpc) is 3.59. The van der Waals surface area contributed by atoms with Gasteiger partial charge in [0.05, 0.1) is 35.0 Å². The maximum atomic E-state index is 14.9. The van der Waals surface area contributed by atoms with Crippen LogP contribution in [0.1, 0.15) is 49.7 Å². The second-order valence-corrected chi connectivity index (χ2v) is 9.23. The first-order valence-electron chi connectivity index (χ1n) is 12.4. The van der Waals surface area contributed by atoms with Gasteiger partial charge >= 0.3 is 5.97 Å². The van der Waals surface area contributed by atoms with Crippen LogP contribution in [0.2, 0.25) is 0 Å². The lowest BCUT2D eigenvalue weighted by Crippen LogP contribution is -2.31. The molecule has 41 heavy (non-hydrogen) atoms. The molecule has 11 heteroatoms. The Bertz CT molecular complexity index is 1840. The smallest absolute Gasteiger partial charge is 0.340 e. The van der Waals surface area contributed by atoms with E-state index in [9.17, 15) is 23.2 Å². The Morgan fingerprint density at radius 3 is 2.34 bits per heavy atom. The molecule has 1 aliphatic heterocycles. The lowest BCUT2D eigenvalue weighted by molar-refractivity contribution is 0.0594. The summed E-state index contributed by atoms with van der Waals surface area (Å²) in [6, 6.07) is 15.8. The zero-order valence-electron chi connectivity index (χ0n) is 21.7. The van der Waals surface area contributed by atoms with Gasteiger partial charge in [0.25, 0.3) is 11.8 Å². The number of fused-ring (bicyclic) bond motifs is 2. The summed E-state index contributed by atoms with van der Waals surface area (Å²) < 4.78 is 41.5. The maximum Gasteiger partial charge on any atom is 0.340 e. The van der Waals surface area contributed by atoms with E-state index in [1.54, 1.807) is 43.5 Å². The predicted molar refractivity (Wildman–Crippen MR) is 143 cm³/mol. The molecular formula is C30H20F2N4O5. The van der Waals surface area contributed by atoms with Crippen LogP contribution in [0.25, 0.3) is 16.6 Å². The van der Waals surface area contributed by atoms with Crippen molar-refractivity contribution >= 4 is 34.5 Å². The maximum absolute atomic E-state index is 14.9. The summed E-state index contributed by atoms with van der Waals surface area (Å²) >= 11 is 0. The summed E-state index contributed by atoms with van der Waals surface area (Å²) in [4.78, 5) is 44.4. The molecule has 0 fully saturated rings. The molecule has 1 atom stereocenters. The number of benzene rings is 3. The third kappa shape index (κ3) is 4.37. The van der Waals surface area contributed by atoms with E-state index in [0.717, 1.165) is 18.1 Å². The zero-order chi connectivity index (χ0) is 28.8. The molecule has 9 nitrogen and oxygen atoms in total. The van der Waals surface area contributed by atoms with Gasteiger partial charge in [-0.2, -0.15) is 5.10 Å². The molecule has 3 aromatic carbocycles. The predicted octanol–water partition coefficient (Wildman–Crippen LogP) is 5.43. The molecule has 0 saturated heterocycles. The Balaban J connectivity index is 1.50. The minimum atomic E-state index is -0.917. The van der Waals surface area contributed by atoms with Gasteiger partial charge in [-0.3, -0.25) is 9.59 Å². The van der Waals surface area contributed by atoms with Crippen LogP contribution in [-0.4, -0.2) is 39.7 Å². The number of hydrogen-bond donors (Lipinski definition) is 0. The first kappa shape index (κ1) is 25.8. The molecule has 3 heterocycles. The number of carbonyl (C=O) groups excluding carboxylic acids is 3. The van der Waals surface area contributed by atoms with Crippen LogP contribution in [0.15, 0.2) is 79.1 Å². The second kappa shape index (κ2) is 9.94. The van der Waals surface area contributed by atoms with Crippen molar-refractivity contribution in [3.05, 3.63) is 113 Å². The van der Waals surface area contributed by atoms with Gasteiger partial charge in [0.1, 0.15) is 17.7 Å². The lowest BCUT2D eigenvalue weighted by atomic mass is 10.0. The Hall–Kier alpha value is -5.45. The van der Waals surface area contributed by atoms with Crippen LogP contribution in [0.5, 0.6) is 5.75 Å². The largest absolute Gasteiger partial charge is 0.482 e. The highest BCUT2D eigenvalue weighted by atomic mass is 19.1. The van der Waals surface area contributed by atoms with Crippen LogP contribution in [0.4, 0.5) is 14.6 Å². The molecule has 0 saturated carbocycles. The monoisotopic (exact) mass is 554 g/mol. The van der Waals surface area contributed by atoms with Gasteiger partial charge in [-0.1, -0.05) is 12.1 Å². The summed E-state index contributed by atoms with van der Waals surface area (Å²) in [5.41, 5.74) is 1.02. The summed E-state index contributed by atoms with van der Waals surface area (Å²) in [5.74, 6) is -3.54. The highest BCUT2D eigenvalue weighted by Gasteiger charge is 2.39. The van der Waals surface area contributed by atoms with Crippen molar-refractivity contribution in [1.82, 2.24) is 14.8 Å². The van der Waals surface area contributed by atoms with E-state index >= 15 is 0 Å². The number of amides is 2. The first-order chi connectivity index (χ1) is 19.8. The van der Waals surface area contributed by atoms with E-state index in [-0.39, 0.29) is 33.9 Å². The molecule has 6 rings (SSSR count). The molecule has 0 bridgehead atoms. The van der Waals surface area contributed by atoms with Crippen molar-refractivity contribution in [3.63, 3.8) is 0 Å². The molecule has 0 unspecified atom stereocenters. The summed E-state index contributed by atoms with van der Waals surface area (Å²) in [6.45, 7) is 1.63. The summed E-state index contributed by atoms with van der Waals surface area (Å²) in [5, 5.41) is 4.53. The topological polar surface area (TPSA) is 104 Å². The van der Waals surface area contributed by atoms with Crippen LogP contribution in [-0.2, 0) is 4.74 Å². The number of halogens is 2. The van der Waals surface area contributed by atoms with E-state index in [0.29, 0.717) is 16.5 Å². The van der Waals surface area contributed by atoms with Crippen LogP contribution >= 0.6 is 0 Å². The minimum absolute atomic E-state index is 0.0135. The molecule has 5 aromatic rings. The molecular weight excluding hydrogens is 534 g/mol. The van der Waals surface area contributed by atoms with Gasteiger partial charge in [-0.15, -0.1) is 0 Å². The average molecular weight is 555 g/mol. The Labute approximate surface area is 231 Å². The second-order valence-electron chi connectivity index (χ2n) is 9.23. The SMILES string of the molecule is COC(=O)c1cc([C@H](C)Oc2cc3cc(F)ccc3nc2N2C(=O)c3ccccc3C2=O)c(-n2cccn2)cc1F. The Morgan fingerprint density at radius 1 is 0.951 bits per heavy atom. The molecule has 204 valence electrons. The Kier molecular flexibility index (Phi) is 6.26. The highest BCUT2D eigenvalue weighted by Crippen LogP contribution is 2.39. The normalized spacial score (nSPS) is 13.4. The van der Waals surface area contributed by atoms with Crippen molar-refractivity contribution in [1.29, 1.82) is 0 Å². The summed E-state index contributed by atoms with van der Waals surface area (Å²) in [6.07, 6.45) is 2.18. The van der Waals surface area contributed by atoms with E-state index in [1.807, 2.05) is 0 Å². The molecule has 0 aliphatic carbocycles. The Morgan fingerprint density at radius 2 is 1.68 bits per heavy atom. The molecule has 2 aromatic heterocycles. The number of anilines is 1. The number of aromatic nitrogens is 3.